The number of aromatic nitrogens is 1. The predicted molar refractivity (Wildman–Crippen MR) is 103 cm³/mol. The molecule has 2 rings (SSSR count). The zero-order valence-corrected chi connectivity index (χ0v) is 15.7. The Morgan fingerprint density at radius 1 is 1.12 bits per heavy atom. The average Bonchev–Trinajstić information content (AvgIpc) is 2.62. The Bertz CT molecular complexity index is 809. The monoisotopic (exact) mass is 357 g/mol. The van der Waals surface area contributed by atoms with Crippen molar-refractivity contribution in [3.05, 3.63) is 51.9 Å². The summed E-state index contributed by atoms with van der Waals surface area (Å²) in [6.07, 6.45) is 4.06. The Labute approximate surface area is 154 Å². The molecule has 1 aromatic carbocycles. The molecule has 0 atom stereocenters. The number of rotatable bonds is 8. The van der Waals surface area contributed by atoms with Gasteiger partial charge in [-0.3, -0.25) is 4.79 Å². The topological polar surface area (TPSA) is 68.5 Å². The minimum Gasteiger partial charge on any atom is -0.506 e. The van der Waals surface area contributed by atoms with Gasteiger partial charge in [0.15, 0.2) is 0 Å². The van der Waals surface area contributed by atoms with Crippen molar-refractivity contribution >= 4 is 5.97 Å². The standard InChI is InChI=1S/C21H27NO4/c1-4-6-7-11-14-22-15(3)17(21(25)26-5-2)19(23)18(20(22)24)16-12-9-8-10-13-16/h8-10,12-13,23H,4-7,11,14H2,1-3H3. The van der Waals surface area contributed by atoms with Crippen LogP contribution in [0, 0.1) is 6.92 Å². The van der Waals surface area contributed by atoms with Gasteiger partial charge in [0.1, 0.15) is 11.3 Å². The van der Waals surface area contributed by atoms with Crippen LogP contribution >= 0.6 is 0 Å². The van der Waals surface area contributed by atoms with Gasteiger partial charge in [-0.15, -0.1) is 0 Å². The fraction of sp³-hybridized carbons (Fsp3) is 0.429. The lowest BCUT2D eigenvalue weighted by atomic mass is 10.0. The highest BCUT2D eigenvalue weighted by molar-refractivity contribution is 5.96. The third-order valence-corrected chi connectivity index (χ3v) is 4.48. The highest BCUT2D eigenvalue weighted by Gasteiger charge is 2.25. The van der Waals surface area contributed by atoms with Gasteiger partial charge in [-0.1, -0.05) is 56.5 Å². The lowest BCUT2D eigenvalue weighted by Gasteiger charge is -2.18. The number of benzene rings is 1. The zero-order valence-electron chi connectivity index (χ0n) is 15.7. The smallest absolute Gasteiger partial charge is 0.343 e. The second-order valence-corrected chi connectivity index (χ2v) is 6.29. The van der Waals surface area contributed by atoms with Crippen molar-refractivity contribution in [1.29, 1.82) is 0 Å². The first-order valence-corrected chi connectivity index (χ1v) is 9.21. The van der Waals surface area contributed by atoms with E-state index in [0.717, 1.165) is 25.7 Å². The summed E-state index contributed by atoms with van der Waals surface area (Å²) >= 11 is 0. The third-order valence-electron chi connectivity index (χ3n) is 4.48. The number of ether oxygens (including phenoxy) is 1. The molecule has 5 heteroatoms. The maximum atomic E-state index is 13.1. The van der Waals surface area contributed by atoms with E-state index in [1.54, 1.807) is 42.7 Å². The second kappa shape index (κ2) is 9.22. The maximum Gasteiger partial charge on any atom is 0.343 e. The number of hydrogen-bond donors (Lipinski definition) is 1. The van der Waals surface area contributed by atoms with E-state index in [1.807, 2.05) is 6.07 Å². The summed E-state index contributed by atoms with van der Waals surface area (Å²) in [4.78, 5) is 25.5. The number of pyridine rings is 1. The Morgan fingerprint density at radius 3 is 2.42 bits per heavy atom. The SMILES string of the molecule is CCCCCCn1c(C)c(C(=O)OCC)c(O)c(-c2ccccc2)c1=O. The fourth-order valence-corrected chi connectivity index (χ4v) is 3.10. The van der Waals surface area contributed by atoms with Crippen LogP contribution in [0.3, 0.4) is 0 Å². The quantitative estimate of drug-likeness (QED) is 0.565. The Hall–Kier alpha value is -2.56. The Kier molecular flexibility index (Phi) is 7.01. The molecule has 1 aromatic heterocycles. The number of carbonyl (C=O) groups excluding carboxylic acids is 1. The number of unbranched alkanes of at least 4 members (excludes halogenated alkanes) is 3. The van der Waals surface area contributed by atoms with Crippen LogP contribution in [-0.4, -0.2) is 22.2 Å². The molecule has 0 saturated carbocycles. The lowest BCUT2D eigenvalue weighted by molar-refractivity contribution is 0.0521. The molecule has 2 aromatic rings. The fourth-order valence-electron chi connectivity index (χ4n) is 3.10. The summed E-state index contributed by atoms with van der Waals surface area (Å²) in [7, 11) is 0. The van der Waals surface area contributed by atoms with Crippen molar-refractivity contribution in [2.45, 2.75) is 53.0 Å². The molecule has 0 amide bonds. The van der Waals surface area contributed by atoms with Gasteiger partial charge in [0.25, 0.3) is 5.56 Å². The molecule has 5 nitrogen and oxygen atoms in total. The molecule has 26 heavy (non-hydrogen) atoms. The van der Waals surface area contributed by atoms with E-state index in [4.69, 9.17) is 4.74 Å². The molecule has 1 heterocycles. The van der Waals surface area contributed by atoms with E-state index < -0.39 is 5.97 Å². The lowest BCUT2D eigenvalue weighted by Crippen LogP contribution is -2.27. The summed E-state index contributed by atoms with van der Waals surface area (Å²) < 4.78 is 6.69. The van der Waals surface area contributed by atoms with Gasteiger partial charge in [-0.25, -0.2) is 4.79 Å². The van der Waals surface area contributed by atoms with Crippen molar-refractivity contribution in [3.8, 4) is 16.9 Å². The van der Waals surface area contributed by atoms with Crippen LogP contribution in [0.25, 0.3) is 11.1 Å². The van der Waals surface area contributed by atoms with Crippen LogP contribution in [0.2, 0.25) is 0 Å². The number of nitrogens with zero attached hydrogens (tertiary/aromatic N) is 1. The van der Waals surface area contributed by atoms with E-state index in [9.17, 15) is 14.7 Å². The number of esters is 1. The Balaban J connectivity index is 2.62. The largest absolute Gasteiger partial charge is 0.506 e. The zero-order chi connectivity index (χ0) is 19.1. The molecule has 140 valence electrons. The molecule has 0 spiro atoms. The molecule has 0 aliphatic carbocycles. The second-order valence-electron chi connectivity index (χ2n) is 6.29. The van der Waals surface area contributed by atoms with E-state index in [1.165, 1.54) is 0 Å². The highest BCUT2D eigenvalue weighted by Crippen LogP contribution is 2.31. The van der Waals surface area contributed by atoms with Gasteiger partial charge in [0.2, 0.25) is 0 Å². The van der Waals surface area contributed by atoms with Crippen LogP contribution < -0.4 is 5.56 Å². The molecule has 0 radical (unpaired) electrons. The van der Waals surface area contributed by atoms with E-state index in [0.29, 0.717) is 17.8 Å². The van der Waals surface area contributed by atoms with E-state index >= 15 is 0 Å². The molecular formula is C21H27NO4. The van der Waals surface area contributed by atoms with Crippen molar-refractivity contribution in [1.82, 2.24) is 4.57 Å². The molecule has 0 fully saturated rings. The maximum absolute atomic E-state index is 13.1. The molecule has 0 aliphatic rings. The van der Waals surface area contributed by atoms with Crippen LogP contribution in [0.1, 0.15) is 55.6 Å². The number of hydrogen-bond acceptors (Lipinski definition) is 4. The van der Waals surface area contributed by atoms with E-state index in [-0.39, 0.29) is 29.0 Å². The van der Waals surface area contributed by atoms with Crippen LogP contribution in [0.4, 0.5) is 0 Å². The van der Waals surface area contributed by atoms with Gasteiger partial charge in [-0.05, 0) is 25.8 Å². The van der Waals surface area contributed by atoms with E-state index in [2.05, 4.69) is 6.92 Å². The molecular weight excluding hydrogens is 330 g/mol. The molecule has 0 unspecified atom stereocenters. The van der Waals surface area contributed by atoms with Gasteiger partial charge in [0, 0.05) is 12.2 Å². The first kappa shape index (κ1) is 19.8. The first-order valence-electron chi connectivity index (χ1n) is 9.21. The first-order chi connectivity index (χ1) is 12.5. The van der Waals surface area contributed by atoms with Gasteiger partial charge >= 0.3 is 5.97 Å². The summed E-state index contributed by atoms with van der Waals surface area (Å²) in [5.41, 5.74) is 0.969. The molecule has 1 N–H and O–H groups in total. The van der Waals surface area contributed by atoms with Crippen molar-refractivity contribution in [2.24, 2.45) is 0 Å². The molecule has 0 bridgehead atoms. The number of carbonyl (C=O) groups is 1. The normalized spacial score (nSPS) is 10.7. The average molecular weight is 357 g/mol. The summed E-state index contributed by atoms with van der Waals surface area (Å²) in [6, 6.07) is 8.93. The van der Waals surface area contributed by atoms with Crippen LogP contribution in [-0.2, 0) is 11.3 Å². The minimum absolute atomic E-state index is 0.0702. The Morgan fingerprint density at radius 2 is 1.81 bits per heavy atom. The van der Waals surface area contributed by atoms with Gasteiger partial charge in [0.05, 0.1) is 12.2 Å². The van der Waals surface area contributed by atoms with Gasteiger partial charge < -0.3 is 14.4 Å². The highest BCUT2D eigenvalue weighted by atomic mass is 16.5. The summed E-state index contributed by atoms with van der Waals surface area (Å²) in [5.74, 6) is -0.913. The summed E-state index contributed by atoms with van der Waals surface area (Å²) in [6.45, 7) is 6.24. The van der Waals surface area contributed by atoms with Crippen LogP contribution in [0.5, 0.6) is 5.75 Å². The minimum atomic E-state index is -0.609. The number of aromatic hydroxyl groups is 1. The van der Waals surface area contributed by atoms with Crippen LogP contribution in [0.15, 0.2) is 35.1 Å². The molecule has 0 saturated heterocycles. The van der Waals surface area contributed by atoms with Crippen molar-refractivity contribution < 1.29 is 14.6 Å². The van der Waals surface area contributed by atoms with Gasteiger partial charge in [-0.2, -0.15) is 0 Å². The molecule has 0 aliphatic heterocycles. The predicted octanol–water partition coefficient (Wildman–Crippen LogP) is 4.29. The third kappa shape index (κ3) is 4.15. The van der Waals surface area contributed by atoms with Crippen molar-refractivity contribution in [2.75, 3.05) is 6.61 Å². The summed E-state index contributed by atoms with van der Waals surface area (Å²) in [5, 5.41) is 10.7. The van der Waals surface area contributed by atoms with Crippen molar-refractivity contribution in [3.63, 3.8) is 0 Å².